The number of rotatable bonds is 1. The zero-order valence-corrected chi connectivity index (χ0v) is 9.62. The molecule has 14 heavy (non-hydrogen) atoms. The number of thiophene rings is 1. The standard InChI is InChI=1S/C10H11ClN2S/c1-6-5-8(7(2)14-6)9-3-4-12-10(11)13-9/h3-5,9H,1-2H3,(H,12,13). The second-order valence-electron chi connectivity index (χ2n) is 3.25. The van der Waals surface area contributed by atoms with Crippen LogP contribution in [0.2, 0.25) is 0 Å². The fourth-order valence-corrected chi connectivity index (χ4v) is 2.70. The number of hydrogen-bond donors (Lipinski definition) is 1. The Balaban J connectivity index is 2.29. The predicted octanol–water partition coefficient (Wildman–Crippen LogP) is 3.12. The third-order valence-corrected chi connectivity index (χ3v) is 3.34. The summed E-state index contributed by atoms with van der Waals surface area (Å²) in [7, 11) is 0. The molecule has 0 amide bonds. The lowest BCUT2D eigenvalue weighted by atomic mass is 10.1. The van der Waals surface area contributed by atoms with Crippen LogP contribution in [-0.2, 0) is 0 Å². The van der Waals surface area contributed by atoms with Crippen LogP contribution in [0, 0.1) is 13.8 Å². The van der Waals surface area contributed by atoms with Gasteiger partial charge in [-0.15, -0.1) is 11.3 Å². The van der Waals surface area contributed by atoms with Crippen LogP contribution in [0.25, 0.3) is 0 Å². The van der Waals surface area contributed by atoms with Gasteiger partial charge in [0.1, 0.15) is 0 Å². The topological polar surface area (TPSA) is 24.4 Å². The minimum atomic E-state index is 0.171. The average Bonchev–Trinajstić information content (AvgIpc) is 2.45. The Kier molecular flexibility index (Phi) is 2.61. The summed E-state index contributed by atoms with van der Waals surface area (Å²) in [6.07, 6.45) is 3.76. The lowest BCUT2D eigenvalue weighted by molar-refractivity contribution is 0.783. The molecule has 74 valence electrons. The van der Waals surface area contributed by atoms with Crippen LogP contribution in [-0.4, -0.2) is 5.29 Å². The SMILES string of the molecule is Cc1cc(C2C=CN=C(Cl)N2)c(C)s1. The molecule has 1 unspecified atom stereocenters. The number of amidine groups is 1. The fraction of sp³-hybridized carbons (Fsp3) is 0.300. The summed E-state index contributed by atoms with van der Waals surface area (Å²) < 4.78 is 0. The maximum atomic E-state index is 5.81. The highest BCUT2D eigenvalue weighted by atomic mass is 35.5. The Morgan fingerprint density at radius 1 is 1.50 bits per heavy atom. The summed E-state index contributed by atoms with van der Waals surface area (Å²) in [5.41, 5.74) is 1.29. The molecule has 0 saturated carbocycles. The maximum Gasteiger partial charge on any atom is 0.196 e. The molecule has 1 aromatic rings. The molecule has 2 heterocycles. The van der Waals surface area contributed by atoms with Gasteiger partial charge >= 0.3 is 0 Å². The largest absolute Gasteiger partial charge is 0.350 e. The molecule has 0 saturated heterocycles. The minimum Gasteiger partial charge on any atom is -0.350 e. The third kappa shape index (κ3) is 1.83. The van der Waals surface area contributed by atoms with Gasteiger partial charge in [0.2, 0.25) is 0 Å². The van der Waals surface area contributed by atoms with Crippen LogP contribution in [0.4, 0.5) is 0 Å². The first-order valence-corrected chi connectivity index (χ1v) is 5.59. The van der Waals surface area contributed by atoms with Crippen molar-refractivity contribution in [2.75, 3.05) is 0 Å². The van der Waals surface area contributed by atoms with Crippen LogP contribution < -0.4 is 5.32 Å². The van der Waals surface area contributed by atoms with E-state index in [1.165, 1.54) is 15.3 Å². The van der Waals surface area contributed by atoms with E-state index in [1.807, 2.05) is 17.4 Å². The molecule has 0 fully saturated rings. The summed E-state index contributed by atoms with van der Waals surface area (Å²) in [4.78, 5) is 6.59. The Labute approximate surface area is 92.3 Å². The van der Waals surface area contributed by atoms with Gasteiger partial charge in [-0.05, 0) is 43.2 Å². The van der Waals surface area contributed by atoms with Crippen LogP contribution in [0.1, 0.15) is 21.4 Å². The second kappa shape index (κ2) is 3.75. The fourth-order valence-electron chi connectivity index (χ4n) is 1.55. The highest BCUT2D eigenvalue weighted by Gasteiger charge is 2.15. The van der Waals surface area contributed by atoms with Gasteiger partial charge in [-0.25, -0.2) is 4.99 Å². The highest BCUT2D eigenvalue weighted by Crippen LogP contribution is 2.28. The third-order valence-electron chi connectivity index (χ3n) is 2.16. The number of aliphatic imine (C=N–C) groups is 1. The van der Waals surface area contributed by atoms with Crippen molar-refractivity contribution in [3.8, 4) is 0 Å². The van der Waals surface area contributed by atoms with Gasteiger partial charge in [-0.3, -0.25) is 0 Å². The molecule has 0 aliphatic carbocycles. The van der Waals surface area contributed by atoms with Gasteiger partial charge in [-0.2, -0.15) is 0 Å². The van der Waals surface area contributed by atoms with E-state index in [-0.39, 0.29) is 6.04 Å². The average molecular weight is 227 g/mol. The van der Waals surface area contributed by atoms with E-state index in [0.29, 0.717) is 5.29 Å². The normalized spacial score (nSPS) is 20.5. The van der Waals surface area contributed by atoms with E-state index in [9.17, 15) is 0 Å². The molecule has 1 atom stereocenters. The number of nitrogens with zero attached hydrogens (tertiary/aromatic N) is 1. The molecule has 1 aliphatic rings. The first kappa shape index (κ1) is 9.74. The van der Waals surface area contributed by atoms with E-state index in [4.69, 9.17) is 11.6 Å². The second-order valence-corrected chi connectivity index (χ2v) is 5.07. The lowest BCUT2D eigenvalue weighted by Crippen LogP contribution is -2.25. The highest BCUT2D eigenvalue weighted by molar-refractivity contribution is 7.12. The first-order valence-electron chi connectivity index (χ1n) is 4.40. The number of aryl methyl sites for hydroxylation is 2. The van der Waals surface area contributed by atoms with Gasteiger partial charge < -0.3 is 5.32 Å². The lowest BCUT2D eigenvalue weighted by Gasteiger charge is -2.17. The number of nitrogens with one attached hydrogen (secondary N) is 1. The monoisotopic (exact) mass is 226 g/mol. The van der Waals surface area contributed by atoms with Crippen LogP contribution in [0.3, 0.4) is 0 Å². The molecule has 0 aromatic carbocycles. The van der Waals surface area contributed by atoms with Gasteiger partial charge in [0.05, 0.1) is 6.04 Å². The van der Waals surface area contributed by atoms with Crippen LogP contribution in [0.15, 0.2) is 23.3 Å². The Bertz CT molecular complexity index is 406. The van der Waals surface area contributed by atoms with Crippen molar-refractivity contribution in [1.29, 1.82) is 0 Å². The van der Waals surface area contributed by atoms with Gasteiger partial charge in [-0.1, -0.05) is 0 Å². The van der Waals surface area contributed by atoms with Crippen molar-refractivity contribution in [3.63, 3.8) is 0 Å². The Morgan fingerprint density at radius 3 is 2.86 bits per heavy atom. The zero-order chi connectivity index (χ0) is 10.1. The van der Waals surface area contributed by atoms with E-state index >= 15 is 0 Å². The summed E-state index contributed by atoms with van der Waals surface area (Å²) in [6.45, 7) is 4.24. The van der Waals surface area contributed by atoms with E-state index < -0.39 is 0 Å². The smallest absolute Gasteiger partial charge is 0.196 e. The molecule has 1 aliphatic heterocycles. The van der Waals surface area contributed by atoms with Gasteiger partial charge in [0, 0.05) is 16.0 Å². The molecule has 1 N–H and O–H groups in total. The van der Waals surface area contributed by atoms with E-state index in [0.717, 1.165) is 0 Å². The van der Waals surface area contributed by atoms with Crippen molar-refractivity contribution < 1.29 is 0 Å². The quantitative estimate of drug-likeness (QED) is 0.732. The number of hydrogen-bond acceptors (Lipinski definition) is 3. The molecule has 0 spiro atoms. The van der Waals surface area contributed by atoms with Crippen LogP contribution >= 0.6 is 22.9 Å². The molecule has 2 rings (SSSR count). The summed E-state index contributed by atoms with van der Waals surface area (Å²) in [6, 6.07) is 2.36. The van der Waals surface area contributed by atoms with E-state index in [1.54, 1.807) is 6.20 Å². The maximum absolute atomic E-state index is 5.81. The predicted molar refractivity (Wildman–Crippen MR) is 62.1 cm³/mol. The molecule has 2 nitrogen and oxygen atoms in total. The summed E-state index contributed by atoms with van der Waals surface area (Å²) in [5, 5.41) is 3.58. The number of halogens is 1. The van der Waals surface area contributed by atoms with Crippen molar-refractivity contribution in [1.82, 2.24) is 5.32 Å². The van der Waals surface area contributed by atoms with Crippen molar-refractivity contribution in [2.45, 2.75) is 19.9 Å². The van der Waals surface area contributed by atoms with Crippen molar-refractivity contribution >= 4 is 28.2 Å². The molecular formula is C10H11ClN2S. The minimum absolute atomic E-state index is 0.171. The van der Waals surface area contributed by atoms with E-state index in [2.05, 4.69) is 30.2 Å². The Morgan fingerprint density at radius 2 is 2.29 bits per heavy atom. The van der Waals surface area contributed by atoms with Crippen molar-refractivity contribution in [3.05, 3.63) is 33.7 Å². The molecule has 0 radical (unpaired) electrons. The molecule has 1 aromatic heterocycles. The van der Waals surface area contributed by atoms with Gasteiger partial charge in [0.15, 0.2) is 5.29 Å². The molecule has 0 bridgehead atoms. The first-order chi connectivity index (χ1) is 6.66. The van der Waals surface area contributed by atoms with Crippen molar-refractivity contribution in [2.24, 2.45) is 4.99 Å². The van der Waals surface area contributed by atoms with Crippen LogP contribution in [0.5, 0.6) is 0 Å². The summed E-state index contributed by atoms with van der Waals surface area (Å²) in [5.74, 6) is 0. The van der Waals surface area contributed by atoms with Gasteiger partial charge in [0.25, 0.3) is 0 Å². The summed E-state index contributed by atoms with van der Waals surface area (Å²) >= 11 is 7.62. The Hall–Kier alpha value is -0.800. The zero-order valence-electron chi connectivity index (χ0n) is 8.04. The molecular weight excluding hydrogens is 216 g/mol. The molecule has 4 heteroatoms.